The molecule has 0 saturated carbocycles. The van der Waals surface area contributed by atoms with Crippen LogP contribution < -0.4 is 5.32 Å². The van der Waals surface area contributed by atoms with Crippen molar-refractivity contribution in [1.29, 1.82) is 0 Å². The minimum Gasteiger partial charge on any atom is -0.508 e. The number of aromatic hydroxyl groups is 1. The molecule has 1 unspecified atom stereocenters. The molecule has 0 spiro atoms. The molecule has 2 rings (SSSR count). The van der Waals surface area contributed by atoms with Crippen molar-refractivity contribution >= 4 is 5.91 Å². The van der Waals surface area contributed by atoms with Crippen molar-refractivity contribution < 1.29 is 9.90 Å². The number of phenols is 1. The highest BCUT2D eigenvalue weighted by Crippen LogP contribution is 2.11. The average Bonchev–Trinajstić information content (AvgIpc) is 2.67. The Hall–Kier alpha value is -1.55. The summed E-state index contributed by atoms with van der Waals surface area (Å²) in [6, 6.07) is 7.04. The van der Waals surface area contributed by atoms with Crippen molar-refractivity contribution in [1.82, 2.24) is 10.2 Å². The van der Waals surface area contributed by atoms with Crippen LogP contribution in [0.2, 0.25) is 0 Å². The number of hydrogen-bond donors (Lipinski definition) is 2. The Labute approximate surface area is 101 Å². The third-order valence-electron chi connectivity index (χ3n) is 3.06. The summed E-state index contributed by atoms with van der Waals surface area (Å²) in [5, 5.41) is 12.2. The van der Waals surface area contributed by atoms with Gasteiger partial charge in [0.1, 0.15) is 5.75 Å². The van der Waals surface area contributed by atoms with Crippen LogP contribution in [0, 0.1) is 0 Å². The van der Waals surface area contributed by atoms with Gasteiger partial charge in [-0.3, -0.25) is 4.79 Å². The third-order valence-corrected chi connectivity index (χ3v) is 3.06. The molecule has 2 N–H and O–H groups in total. The van der Waals surface area contributed by atoms with E-state index in [0.717, 1.165) is 25.1 Å². The maximum atomic E-state index is 11.8. The predicted molar refractivity (Wildman–Crippen MR) is 65.9 cm³/mol. The van der Waals surface area contributed by atoms with Crippen LogP contribution in [0.1, 0.15) is 12.0 Å². The predicted octanol–water partition coefficient (Wildman–Crippen LogP) is 0.755. The molecule has 0 aromatic heterocycles. The van der Waals surface area contributed by atoms with E-state index < -0.39 is 0 Å². The molecule has 1 saturated heterocycles. The van der Waals surface area contributed by atoms with Crippen molar-refractivity contribution in [3.05, 3.63) is 29.8 Å². The van der Waals surface area contributed by atoms with E-state index in [1.54, 1.807) is 24.3 Å². The first-order valence-electron chi connectivity index (χ1n) is 5.89. The number of amides is 1. The molecule has 1 amide bonds. The second-order valence-electron chi connectivity index (χ2n) is 4.66. The number of phenolic OH excluding ortho intramolecular Hbond substituents is 1. The van der Waals surface area contributed by atoms with Crippen LogP contribution in [0.15, 0.2) is 24.3 Å². The second kappa shape index (κ2) is 5.19. The monoisotopic (exact) mass is 234 g/mol. The largest absolute Gasteiger partial charge is 0.508 e. The van der Waals surface area contributed by atoms with Crippen LogP contribution in [0.25, 0.3) is 0 Å². The zero-order valence-electron chi connectivity index (χ0n) is 10.0. The fourth-order valence-corrected chi connectivity index (χ4v) is 2.13. The molecule has 4 nitrogen and oxygen atoms in total. The maximum absolute atomic E-state index is 11.8. The average molecular weight is 234 g/mol. The molecule has 17 heavy (non-hydrogen) atoms. The highest BCUT2D eigenvalue weighted by molar-refractivity contribution is 5.78. The van der Waals surface area contributed by atoms with Gasteiger partial charge in [-0.05, 0) is 37.7 Å². The Bertz CT molecular complexity index is 389. The lowest BCUT2D eigenvalue weighted by molar-refractivity contribution is -0.121. The number of benzene rings is 1. The first-order valence-corrected chi connectivity index (χ1v) is 5.89. The Morgan fingerprint density at radius 2 is 2.18 bits per heavy atom. The molecule has 1 aliphatic rings. The lowest BCUT2D eigenvalue weighted by Crippen LogP contribution is -2.37. The summed E-state index contributed by atoms with van der Waals surface area (Å²) in [5.74, 6) is 0.280. The fourth-order valence-electron chi connectivity index (χ4n) is 2.13. The molecule has 92 valence electrons. The van der Waals surface area contributed by atoms with Crippen molar-refractivity contribution in [3.8, 4) is 5.75 Å². The number of rotatable bonds is 3. The van der Waals surface area contributed by atoms with Gasteiger partial charge >= 0.3 is 0 Å². The molecule has 0 bridgehead atoms. The topological polar surface area (TPSA) is 52.6 Å². The van der Waals surface area contributed by atoms with E-state index in [-0.39, 0.29) is 17.7 Å². The van der Waals surface area contributed by atoms with Crippen molar-refractivity contribution in [2.45, 2.75) is 18.9 Å². The Kier molecular flexibility index (Phi) is 3.64. The van der Waals surface area contributed by atoms with Crippen molar-refractivity contribution in [2.24, 2.45) is 0 Å². The van der Waals surface area contributed by atoms with Gasteiger partial charge in [-0.1, -0.05) is 12.1 Å². The fraction of sp³-hybridized carbons (Fsp3) is 0.462. The molecular weight excluding hydrogens is 216 g/mol. The first-order chi connectivity index (χ1) is 8.13. The molecular formula is C13H18N2O2. The number of carbonyl (C=O) groups excluding carboxylic acids is 1. The van der Waals surface area contributed by atoms with Crippen LogP contribution in [0.4, 0.5) is 0 Å². The molecule has 1 aromatic carbocycles. The molecule has 1 heterocycles. The lowest BCUT2D eigenvalue weighted by atomic mass is 10.1. The number of nitrogens with one attached hydrogen (secondary N) is 1. The molecule has 1 aromatic rings. The number of hydrogen-bond acceptors (Lipinski definition) is 3. The van der Waals surface area contributed by atoms with E-state index >= 15 is 0 Å². The van der Waals surface area contributed by atoms with E-state index in [1.165, 1.54) is 0 Å². The van der Waals surface area contributed by atoms with Crippen LogP contribution >= 0.6 is 0 Å². The van der Waals surface area contributed by atoms with Crippen LogP contribution in [0.5, 0.6) is 5.75 Å². The Morgan fingerprint density at radius 1 is 1.47 bits per heavy atom. The van der Waals surface area contributed by atoms with Crippen molar-refractivity contribution in [2.75, 3.05) is 20.1 Å². The zero-order chi connectivity index (χ0) is 12.3. The van der Waals surface area contributed by atoms with E-state index in [4.69, 9.17) is 5.11 Å². The Balaban J connectivity index is 1.83. The number of carbonyl (C=O) groups is 1. The summed E-state index contributed by atoms with van der Waals surface area (Å²) in [7, 11) is 2.06. The number of nitrogens with zero attached hydrogens (tertiary/aromatic N) is 1. The number of likely N-dealkylation sites (tertiary alicyclic amines) is 1. The quantitative estimate of drug-likeness (QED) is 0.811. The van der Waals surface area contributed by atoms with Gasteiger partial charge in [0, 0.05) is 12.6 Å². The first kappa shape index (κ1) is 11.9. The van der Waals surface area contributed by atoms with E-state index in [0.29, 0.717) is 6.42 Å². The lowest BCUT2D eigenvalue weighted by Gasteiger charge is -2.12. The van der Waals surface area contributed by atoms with Gasteiger partial charge in [0.05, 0.1) is 6.42 Å². The summed E-state index contributed by atoms with van der Waals surface area (Å²) in [4.78, 5) is 14.0. The van der Waals surface area contributed by atoms with Crippen LogP contribution in [0.3, 0.4) is 0 Å². The van der Waals surface area contributed by atoms with Crippen LogP contribution in [-0.2, 0) is 11.2 Å². The minimum absolute atomic E-state index is 0.0518. The van der Waals surface area contributed by atoms with Gasteiger partial charge in [-0.25, -0.2) is 0 Å². The second-order valence-corrected chi connectivity index (χ2v) is 4.66. The highest BCUT2D eigenvalue weighted by Gasteiger charge is 2.20. The van der Waals surface area contributed by atoms with Gasteiger partial charge in [0.2, 0.25) is 5.91 Å². The van der Waals surface area contributed by atoms with E-state index in [1.807, 2.05) is 0 Å². The Morgan fingerprint density at radius 3 is 2.76 bits per heavy atom. The van der Waals surface area contributed by atoms with E-state index in [2.05, 4.69) is 17.3 Å². The molecule has 1 aliphatic heterocycles. The molecule has 1 fully saturated rings. The standard InChI is InChI=1S/C13H18N2O2/c1-15-7-6-11(9-15)14-13(17)8-10-2-4-12(16)5-3-10/h2-5,11,16H,6-9H2,1H3,(H,14,17). The number of likely N-dealkylation sites (N-methyl/N-ethyl adjacent to an activating group) is 1. The molecule has 0 aliphatic carbocycles. The van der Waals surface area contributed by atoms with Gasteiger partial charge in [0.25, 0.3) is 0 Å². The molecule has 0 radical (unpaired) electrons. The third kappa shape index (κ3) is 3.46. The maximum Gasteiger partial charge on any atom is 0.224 e. The summed E-state index contributed by atoms with van der Waals surface area (Å²) in [6.07, 6.45) is 1.40. The van der Waals surface area contributed by atoms with Crippen molar-refractivity contribution in [3.63, 3.8) is 0 Å². The summed E-state index contributed by atoms with van der Waals surface area (Å²) in [5.41, 5.74) is 0.923. The molecule has 4 heteroatoms. The smallest absolute Gasteiger partial charge is 0.224 e. The molecule has 1 atom stereocenters. The highest BCUT2D eigenvalue weighted by atomic mass is 16.3. The normalized spacial score (nSPS) is 20.4. The van der Waals surface area contributed by atoms with E-state index in [9.17, 15) is 4.79 Å². The summed E-state index contributed by atoms with van der Waals surface area (Å²) in [6.45, 7) is 1.98. The van der Waals surface area contributed by atoms with Crippen LogP contribution in [-0.4, -0.2) is 42.1 Å². The van der Waals surface area contributed by atoms with Gasteiger partial charge in [0.15, 0.2) is 0 Å². The zero-order valence-corrected chi connectivity index (χ0v) is 10.0. The SMILES string of the molecule is CN1CCC(NC(=O)Cc2ccc(O)cc2)C1. The summed E-state index contributed by atoms with van der Waals surface area (Å²) < 4.78 is 0. The van der Waals surface area contributed by atoms with Gasteiger partial charge < -0.3 is 15.3 Å². The minimum atomic E-state index is 0.0518. The summed E-state index contributed by atoms with van der Waals surface area (Å²) >= 11 is 0. The van der Waals surface area contributed by atoms with Gasteiger partial charge in [-0.2, -0.15) is 0 Å². The van der Waals surface area contributed by atoms with Gasteiger partial charge in [-0.15, -0.1) is 0 Å².